The van der Waals surface area contributed by atoms with Crippen LogP contribution < -0.4 is 5.32 Å². The Hall–Kier alpha value is -1.87. The molecule has 20 heavy (non-hydrogen) atoms. The second-order valence-corrected chi connectivity index (χ2v) is 5.57. The number of hydrogen-bond acceptors (Lipinski definition) is 2. The van der Waals surface area contributed by atoms with Gasteiger partial charge in [0.05, 0.1) is 6.42 Å². The zero-order valence-electron chi connectivity index (χ0n) is 11.3. The number of carbonyl (C=O) groups excluding carboxylic acids is 1. The SMILES string of the molecule is C=C(CC(=O)c1ccc(Br)cc1)Nc1ccccc1C. The van der Waals surface area contributed by atoms with Crippen molar-refractivity contribution in [3.63, 3.8) is 0 Å². The van der Waals surface area contributed by atoms with Crippen molar-refractivity contribution >= 4 is 27.4 Å². The van der Waals surface area contributed by atoms with Crippen molar-refractivity contribution in [1.29, 1.82) is 0 Å². The van der Waals surface area contributed by atoms with E-state index < -0.39 is 0 Å². The van der Waals surface area contributed by atoms with Crippen LogP contribution in [0.4, 0.5) is 5.69 Å². The molecule has 2 rings (SSSR count). The monoisotopic (exact) mass is 329 g/mol. The largest absolute Gasteiger partial charge is 0.359 e. The summed E-state index contributed by atoms with van der Waals surface area (Å²) in [7, 11) is 0. The van der Waals surface area contributed by atoms with Crippen LogP contribution in [0, 0.1) is 6.92 Å². The lowest BCUT2D eigenvalue weighted by molar-refractivity contribution is 0.0993. The minimum absolute atomic E-state index is 0.0589. The molecule has 2 aromatic rings. The second kappa shape index (κ2) is 6.53. The van der Waals surface area contributed by atoms with Gasteiger partial charge < -0.3 is 5.32 Å². The van der Waals surface area contributed by atoms with Crippen LogP contribution in [0.5, 0.6) is 0 Å². The molecule has 0 heterocycles. The maximum Gasteiger partial charge on any atom is 0.168 e. The fourth-order valence-corrected chi connectivity index (χ4v) is 2.14. The maximum absolute atomic E-state index is 12.1. The van der Waals surface area contributed by atoms with Crippen molar-refractivity contribution < 1.29 is 4.79 Å². The summed E-state index contributed by atoms with van der Waals surface area (Å²) in [6.45, 7) is 5.95. The molecule has 0 fully saturated rings. The summed E-state index contributed by atoms with van der Waals surface area (Å²) < 4.78 is 0.964. The third-order valence-corrected chi connectivity index (χ3v) is 3.53. The molecule has 1 N–H and O–H groups in total. The number of allylic oxidation sites excluding steroid dienone is 1. The van der Waals surface area contributed by atoms with Gasteiger partial charge in [-0.1, -0.05) is 52.8 Å². The standard InChI is InChI=1S/C17H16BrNO/c1-12-5-3-4-6-16(12)19-13(2)11-17(20)14-7-9-15(18)10-8-14/h3-10,19H,2,11H2,1H3. The van der Waals surface area contributed by atoms with Gasteiger partial charge in [0.25, 0.3) is 0 Å². The number of hydrogen-bond donors (Lipinski definition) is 1. The van der Waals surface area contributed by atoms with Crippen LogP contribution in [-0.4, -0.2) is 5.78 Å². The Morgan fingerprint density at radius 1 is 1.15 bits per heavy atom. The third kappa shape index (κ3) is 3.81. The molecule has 0 spiro atoms. The van der Waals surface area contributed by atoms with Crippen molar-refractivity contribution in [2.75, 3.05) is 5.32 Å². The van der Waals surface area contributed by atoms with E-state index in [-0.39, 0.29) is 12.2 Å². The molecule has 0 saturated heterocycles. The summed E-state index contributed by atoms with van der Waals surface area (Å²) in [5, 5.41) is 3.20. The van der Waals surface area contributed by atoms with Gasteiger partial charge in [0.2, 0.25) is 0 Å². The van der Waals surface area contributed by atoms with E-state index >= 15 is 0 Å². The molecular weight excluding hydrogens is 314 g/mol. The summed E-state index contributed by atoms with van der Waals surface area (Å²) in [6, 6.07) is 15.3. The van der Waals surface area contributed by atoms with Crippen molar-refractivity contribution in [2.24, 2.45) is 0 Å². The van der Waals surface area contributed by atoms with E-state index in [0.717, 1.165) is 15.7 Å². The van der Waals surface area contributed by atoms with Crippen LogP contribution in [0.3, 0.4) is 0 Å². The van der Waals surface area contributed by atoms with Gasteiger partial charge in [-0.3, -0.25) is 4.79 Å². The van der Waals surface area contributed by atoms with E-state index in [4.69, 9.17) is 0 Å². The minimum Gasteiger partial charge on any atom is -0.359 e. The number of ketones is 1. The first kappa shape index (κ1) is 14.5. The normalized spacial score (nSPS) is 10.1. The van der Waals surface area contributed by atoms with Crippen LogP contribution >= 0.6 is 15.9 Å². The average molecular weight is 330 g/mol. The van der Waals surface area contributed by atoms with E-state index in [1.54, 1.807) is 0 Å². The lowest BCUT2D eigenvalue weighted by Crippen LogP contribution is -2.07. The van der Waals surface area contributed by atoms with E-state index in [2.05, 4.69) is 27.8 Å². The van der Waals surface area contributed by atoms with Crippen LogP contribution in [0.15, 0.2) is 65.3 Å². The van der Waals surface area contributed by atoms with Crippen molar-refractivity contribution in [3.8, 4) is 0 Å². The molecular formula is C17H16BrNO. The van der Waals surface area contributed by atoms with Gasteiger partial charge in [-0.05, 0) is 30.7 Å². The molecule has 0 bridgehead atoms. The molecule has 102 valence electrons. The van der Waals surface area contributed by atoms with Crippen molar-refractivity contribution in [2.45, 2.75) is 13.3 Å². The first-order valence-corrected chi connectivity index (χ1v) is 7.15. The third-order valence-electron chi connectivity index (χ3n) is 3.00. The Morgan fingerprint density at radius 3 is 2.45 bits per heavy atom. The lowest BCUT2D eigenvalue weighted by Gasteiger charge is -2.11. The number of para-hydroxylation sites is 1. The molecule has 0 radical (unpaired) electrons. The van der Waals surface area contributed by atoms with E-state index in [1.165, 1.54) is 0 Å². The molecule has 0 aliphatic carbocycles. The van der Waals surface area contributed by atoms with Crippen LogP contribution in [0.2, 0.25) is 0 Å². The number of nitrogens with one attached hydrogen (secondary N) is 1. The summed E-state index contributed by atoms with van der Waals surface area (Å²) >= 11 is 3.36. The molecule has 3 heteroatoms. The van der Waals surface area contributed by atoms with E-state index in [1.807, 2.05) is 55.5 Å². The predicted octanol–water partition coefficient (Wildman–Crippen LogP) is 4.96. The number of rotatable bonds is 5. The van der Waals surface area contributed by atoms with Gasteiger partial charge in [-0.2, -0.15) is 0 Å². The van der Waals surface area contributed by atoms with Gasteiger partial charge in [0, 0.05) is 21.4 Å². The van der Waals surface area contributed by atoms with Crippen molar-refractivity contribution in [1.82, 2.24) is 0 Å². The van der Waals surface area contributed by atoms with Gasteiger partial charge in [-0.15, -0.1) is 0 Å². The van der Waals surface area contributed by atoms with Gasteiger partial charge in [0.1, 0.15) is 0 Å². The topological polar surface area (TPSA) is 29.1 Å². The molecule has 0 aliphatic heterocycles. The highest BCUT2D eigenvalue weighted by molar-refractivity contribution is 9.10. The van der Waals surface area contributed by atoms with Crippen molar-refractivity contribution in [3.05, 3.63) is 76.4 Å². The molecule has 0 unspecified atom stereocenters. The molecule has 0 aliphatic rings. The maximum atomic E-state index is 12.1. The number of benzene rings is 2. The first-order valence-electron chi connectivity index (χ1n) is 6.35. The highest BCUT2D eigenvalue weighted by Crippen LogP contribution is 2.18. The number of Topliss-reactive ketones (excluding diaryl/α,β-unsaturated/α-hetero) is 1. The molecule has 0 amide bonds. The van der Waals surface area contributed by atoms with Gasteiger partial charge in [0.15, 0.2) is 5.78 Å². The van der Waals surface area contributed by atoms with Gasteiger partial charge in [-0.25, -0.2) is 0 Å². The second-order valence-electron chi connectivity index (χ2n) is 4.65. The predicted molar refractivity (Wildman–Crippen MR) is 87.0 cm³/mol. The fourth-order valence-electron chi connectivity index (χ4n) is 1.88. The fraction of sp³-hybridized carbons (Fsp3) is 0.118. The number of aryl methyl sites for hydroxylation is 1. The molecule has 0 atom stereocenters. The lowest BCUT2D eigenvalue weighted by atomic mass is 10.1. The quantitative estimate of drug-likeness (QED) is 0.786. The Balaban J connectivity index is 2.00. The molecule has 0 saturated carbocycles. The molecule has 2 nitrogen and oxygen atoms in total. The number of halogens is 1. The van der Waals surface area contributed by atoms with E-state index in [9.17, 15) is 4.79 Å². The zero-order valence-corrected chi connectivity index (χ0v) is 12.9. The Bertz CT molecular complexity index is 632. The van der Waals surface area contributed by atoms with Gasteiger partial charge >= 0.3 is 0 Å². The number of anilines is 1. The first-order chi connectivity index (χ1) is 9.56. The summed E-state index contributed by atoms with van der Waals surface area (Å²) in [5.74, 6) is 0.0589. The smallest absolute Gasteiger partial charge is 0.168 e. The Morgan fingerprint density at radius 2 is 1.80 bits per heavy atom. The Kier molecular flexibility index (Phi) is 4.74. The Labute approximate surface area is 127 Å². The minimum atomic E-state index is 0.0589. The molecule has 0 aromatic heterocycles. The highest BCUT2D eigenvalue weighted by Gasteiger charge is 2.08. The molecule has 2 aromatic carbocycles. The highest BCUT2D eigenvalue weighted by atomic mass is 79.9. The van der Waals surface area contributed by atoms with Crippen LogP contribution in [0.1, 0.15) is 22.3 Å². The zero-order chi connectivity index (χ0) is 14.5. The van der Waals surface area contributed by atoms with Crippen LogP contribution in [-0.2, 0) is 0 Å². The number of carbonyl (C=O) groups is 1. The average Bonchev–Trinajstić information content (AvgIpc) is 2.42. The summed E-state index contributed by atoms with van der Waals surface area (Å²) in [6.07, 6.45) is 0.288. The van der Waals surface area contributed by atoms with E-state index in [0.29, 0.717) is 11.3 Å². The van der Waals surface area contributed by atoms with Crippen LogP contribution in [0.25, 0.3) is 0 Å². The summed E-state index contributed by atoms with van der Waals surface area (Å²) in [5.41, 5.74) is 3.51. The summed E-state index contributed by atoms with van der Waals surface area (Å²) in [4.78, 5) is 12.1.